The molecule has 1 amide bonds. The lowest BCUT2D eigenvalue weighted by molar-refractivity contribution is -0.526. The number of hydrazine groups is 1. The Hall–Kier alpha value is -2.79. The zero-order chi connectivity index (χ0) is 21.9. The Bertz CT molecular complexity index is 664. The van der Waals surface area contributed by atoms with Gasteiger partial charge in [-0.25, -0.2) is 19.8 Å². The first-order valence-electron chi connectivity index (χ1n) is 9.44. The largest absolute Gasteiger partial charge is 0.443 e. The number of hydrogen-bond acceptors (Lipinski definition) is 8. The number of nitrogens with two attached hydrogens (primary N) is 1. The Morgan fingerprint density at radius 2 is 2.21 bits per heavy atom. The zero-order valence-electron chi connectivity index (χ0n) is 17.2. The molecule has 1 aromatic rings. The van der Waals surface area contributed by atoms with Crippen LogP contribution in [0.4, 0.5) is 4.79 Å². The molecule has 0 spiro atoms. The quantitative estimate of drug-likeness (QED) is 0.148. The van der Waals surface area contributed by atoms with Gasteiger partial charge in [0.05, 0.1) is 0 Å². The second kappa shape index (κ2) is 11.9. The van der Waals surface area contributed by atoms with Crippen LogP contribution in [0.5, 0.6) is 0 Å². The normalized spacial score (nSPS) is 12.1. The Kier molecular flexibility index (Phi) is 9.97. The van der Waals surface area contributed by atoms with Crippen molar-refractivity contribution >= 4 is 12.1 Å². The van der Waals surface area contributed by atoms with Crippen LogP contribution >= 0.6 is 0 Å². The van der Waals surface area contributed by atoms with Gasteiger partial charge in [-0.3, -0.25) is 10.4 Å². The highest BCUT2D eigenvalue weighted by Gasteiger charge is 2.27. The van der Waals surface area contributed by atoms with Crippen LogP contribution in [-0.4, -0.2) is 58.2 Å². The number of pyridine rings is 1. The van der Waals surface area contributed by atoms with E-state index in [0.29, 0.717) is 19.4 Å². The summed E-state index contributed by atoms with van der Waals surface area (Å²) >= 11 is 0. The van der Waals surface area contributed by atoms with E-state index >= 15 is 0 Å². The van der Waals surface area contributed by atoms with Gasteiger partial charge in [-0.1, -0.05) is 11.5 Å². The van der Waals surface area contributed by atoms with Crippen LogP contribution < -0.4 is 16.5 Å². The molecule has 0 bridgehead atoms. The van der Waals surface area contributed by atoms with E-state index in [4.69, 9.17) is 15.9 Å². The van der Waals surface area contributed by atoms with Gasteiger partial charge in [-0.2, -0.15) is 0 Å². The maximum Gasteiger partial charge on any atom is 0.417 e. The first-order valence-corrected chi connectivity index (χ1v) is 9.44. The molecule has 1 heterocycles. The van der Waals surface area contributed by atoms with Gasteiger partial charge in [0.25, 0.3) is 5.96 Å². The van der Waals surface area contributed by atoms with E-state index in [-0.39, 0.29) is 12.6 Å². The van der Waals surface area contributed by atoms with Crippen molar-refractivity contribution in [3.05, 3.63) is 40.2 Å². The van der Waals surface area contributed by atoms with Crippen molar-refractivity contribution in [3.8, 4) is 0 Å². The molecule has 0 aliphatic rings. The van der Waals surface area contributed by atoms with Crippen molar-refractivity contribution < 1.29 is 14.6 Å². The summed E-state index contributed by atoms with van der Waals surface area (Å²) in [5, 5.41) is 20.7. The second-order valence-corrected chi connectivity index (χ2v) is 7.57. The number of aromatic nitrogens is 1. The first kappa shape index (κ1) is 24.2. The van der Waals surface area contributed by atoms with Crippen LogP contribution in [0.1, 0.15) is 39.2 Å². The molecule has 0 aliphatic carbocycles. The molecule has 29 heavy (non-hydrogen) atoms. The lowest BCUT2D eigenvalue weighted by Gasteiger charge is -2.26. The molecule has 11 nitrogen and oxygen atoms in total. The monoisotopic (exact) mass is 409 g/mol. The van der Waals surface area contributed by atoms with E-state index in [1.54, 1.807) is 32.4 Å². The van der Waals surface area contributed by atoms with Crippen LogP contribution in [-0.2, 0) is 11.2 Å². The summed E-state index contributed by atoms with van der Waals surface area (Å²) in [4.78, 5) is 27.8. The minimum absolute atomic E-state index is 0.0813. The fraction of sp³-hybridized carbons (Fsp3) is 0.611. The number of nitro groups is 1. The van der Waals surface area contributed by atoms with E-state index in [1.807, 2.05) is 18.3 Å². The highest BCUT2D eigenvalue weighted by atomic mass is 16.7. The van der Waals surface area contributed by atoms with Crippen molar-refractivity contribution in [2.45, 2.75) is 51.7 Å². The molecule has 1 atom stereocenters. The third kappa shape index (κ3) is 11.0. The first-order chi connectivity index (χ1) is 13.6. The van der Waals surface area contributed by atoms with Crippen molar-refractivity contribution in [1.29, 1.82) is 5.41 Å². The third-order valence-corrected chi connectivity index (χ3v) is 3.76. The van der Waals surface area contributed by atoms with Gasteiger partial charge in [0.15, 0.2) is 5.03 Å². The number of carbonyl (C=O) groups excluding carboxylic acids is 1. The summed E-state index contributed by atoms with van der Waals surface area (Å²) in [6.45, 7) is 6.48. The predicted molar refractivity (Wildman–Crippen MR) is 109 cm³/mol. The standard InChI is InChI=1S/C18H31N7O4/c1-18(2,3)29-17(26)24(16(20)23-25(27)28)11-5-7-15(19)13-22-10-8-14-6-4-9-21-12-14/h4,6,9,12,15,22H,5,7-8,10-11,13,19H2,1-3H3,(H2,20,23)/t15-/m0/s1. The summed E-state index contributed by atoms with van der Waals surface area (Å²) in [7, 11) is 0. The summed E-state index contributed by atoms with van der Waals surface area (Å²) in [6.07, 6.45) is 4.61. The molecule has 0 saturated carbocycles. The molecular weight excluding hydrogens is 378 g/mol. The lowest BCUT2D eigenvalue weighted by Crippen LogP contribution is -2.48. The van der Waals surface area contributed by atoms with Gasteiger partial charge in [-0.05, 0) is 58.2 Å². The second-order valence-electron chi connectivity index (χ2n) is 7.57. The van der Waals surface area contributed by atoms with Crippen LogP contribution in [0.2, 0.25) is 0 Å². The average Bonchev–Trinajstić information content (AvgIpc) is 2.61. The third-order valence-electron chi connectivity index (χ3n) is 3.76. The Balaban J connectivity index is 2.40. The lowest BCUT2D eigenvalue weighted by atomic mass is 10.1. The molecule has 11 heteroatoms. The number of nitrogens with one attached hydrogen (secondary N) is 3. The van der Waals surface area contributed by atoms with E-state index in [1.165, 1.54) is 0 Å². The fourth-order valence-electron chi connectivity index (χ4n) is 2.44. The molecule has 1 rings (SSSR count). The number of amides is 1. The van der Waals surface area contributed by atoms with Gasteiger partial charge in [-0.15, -0.1) is 0 Å². The molecule has 5 N–H and O–H groups in total. The van der Waals surface area contributed by atoms with Crippen LogP contribution in [0.3, 0.4) is 0 Å². The van der Waals surface area contributed by atoms with Crippen molar-refractivity contribution in [2.24, 2.45) is 5.73 Å². The smallest absolute Gasteiger partial charge is 0.417 e. The topological polar surface area (TPSA) is 160 Å². The molecule has 0 unspecified atom stereocenters. The molecule has 0 radical (unpaired) electrons. The Morgan fingerprint density at radius 3 is 2.79 bits per heavy atom. The van der Waals surface area contributed by atoms with Gasteiger partial charge >= 0.3 is 6.09 Å². The summed E-state index contributed by atoms with van der Waals surface area (Å²) in [5.41, 5.74) is 8.13. The minimum Gasteiger partial charge on any atom is -0.443 e. The van der Waals surface area contributed by atoms with Gasteiger partial charge in [0.1, 0.15) is 5.60 Å². The van der Waals surface area contributed by atoms with E-state index in [2.05, 4.69) is 10.3 Å². The fourth-order valence-corrected chi connectivity index (χ4v) is 2.44. The molecule has 1 aromatic heterocycles. The van der Waals surface area contributed by atoms with Crippen LogP contribution in [0.15, 0.2) is 24.5 Å². The van der Waals surface area contributed by atoms with Crippen LogP contribution in [0, 0.1) is 15.5 Å². The zero-order valence-corrected chi connectivity index (χ0v) is 17.2. The van der Waals surface area contributed by atoms with E-state index in [9.17, 15) is 14.9 Å². The minimum atomic E-state index is -0.891. The van der Waals surface area contributed by atoms with Gasteiger partial charge < -0.3 is 15.8 Å². The Morgan fingerprint density at radius 1 is 1.48 bits per heavy atom. The number of rotatable bonds is 10. The van der Waals surface area contributed by atoms with Gasteiger partial charge in [0, 0.05) is 31.5 Å². The molecule has 0 saturated heterocycles. The molecule has 0 aliphatic heterocycles. The summed E-state index contributed by atoms with van der Waals surface area (Å²) in [5.74, 6) is -0.646. The summed E-state index contributed by atoms with van der Waals surface area (Å²) in [6, 6.07) is 3.75. The highest BCUT2D eigenvalue weighted by molar-refractivity contribution is 5.91. The van der Waals surface area contributed by atoms with Gasteiger partial charge in [0.2, 0.25) is 0 Å². The maximum absolute atomic E-state index is 12.3. The van der Waals surface area contributed by atoms with Crippen LogP contribution in [0.25, 0.3) is 0 Å². The predicted octanol–water partition coefficient (Wildman–Crippen LogP) is 1.27. The van der Waals surface area contributed by atoms with Crippen molar-refractivity contribution in [2.75, 3.05) is 19.6 Å². The average molecular weight is 409 g/mol. The Labute approximate surface area is 170 Å². The molecule has 0 fully saturated rings. The number of nitrogens with zero attached hydrogens (tertiary/aromatic N) is 3. The number of carbonyl (C=O) groups is 1. The van der Waals surface area contributed by atoms with E-state index < -0.39 is 22.7 Å². The number of ether oxygens (including phenoxy) is 1. The molecule has 162 valence electrons. The maximum atomic E-state index is 12.3. The highest BCUT2D eigenvalue weighted by Crippen LogP contribution is 2.11. The van der Waals surface area contributed by atoms with E-state index in [0.717, 1.165) is 23.4 Å². The van der Waals surface area contributed by atoms with Crippen molar-refractivity contribution in [1.82, 2.24) is 20.6 Å². The SMILES string of the molecule is CC(C)(C)OC(=O)N(CCC[C@H](N)CNCCc1cccnc1)C(=N)N[N+](=O)[O-]. The molecule has 0 aromatic carbocycles. The number of guanidine groups is 1. The van der Waals surface area contributed by atoms with Crippen molar-refractivity contribution in [3.63, 3.8) is 0 Å². The summed E-state index contributed by atoms with van der Waals surface area (Å²) < 4.78 is 5.22. The number of hydrogen-bond donors (Lipinski definition) is 4. The molecular formula is C18H31N7O4.